The number of aliphatic hydroxyl groups is 1. The van der Waals surface area contributed by atoms with Crippen molar-refractivity contribution in [2.45, 2.75) is 38.6 Å². The van der Waals surface area contributed by atoms with Crippen molar-refractivity contribution in [1.29, 1.82) is 0 Å². The van der Waals surface area contributed by atoms with Crippen LogP contribution >= 0.6 is 12.6 Å². The minimum Gasteiger partial charge on any atom is -0.480 e. The van der Waals surface area contributed by atoms with Gasteiger partial charge in [-0.15, -0.1) is 0 Å². The first-order chi connectivity index (χ1) is 6.59. The Morgan fingerprint density at radius 3 is 2.21 bits per heavy atom. The summed E-state index contributed by atoms with van der Waals surface area (Å²) in [5.74, 6) is -0.815. The number of aliphatic carboxylic acids is 1. The van der Waals surface area contributed by atoms with Crippen LogP contribution in [0.1, 0.15) is 32.6 Å². The molecule has 1 atom stereocenters. The van der Waals surface area contributed by atoms with Gasteiger partial charge < -0.3 is 15.9 Å². The van der Waals surface area contributed by atoms with Crippen LogP contribution in [0.4, 0.5) is 0 Å². The zero-order valence-corrected chi connectivity index (χ0v) is 9.54. The van der Waals surface area contributed by atoms with Gasteiger partial charge in [0.2, 0.25) is 0 Å². The lowest BCUT2D eigenvalue weighted by Crippen LogP contribution is -2.31. The van der Waals surface area contributed by atoms with Gasteiger partial charge in [-0.3, -0.25) is 4.79 Å². The van der Waals surface area contributed by atoms with Crippen LogP contribution in [0.15, 0.2) is 0 Å². The summed E-state index contributed by atoms with van der Waals surface area (Å²) in [6.45, 7) is 2.53. The van der Waals surface area contributed by atoms with Gasteiger partial charge in [0.25, 0.3) is 0 Å². The Balaban J connectivity index is 0. The van der Waals surface area contributed by atoms with E-state index < -0.39 is 12.0 Å². The lowest BCUT2D eigenvalue weighted by atomic mass is 10.2. The fourth-order valence-electron chi connectivity index (χ4n) is 0.617. The van der Waals surface area contributed by atoms with Crippen LogP contribution in [0.25, 0.3) is 0 Å². The SMILES string of the molecule is CCCCCCO.N[C@@H](CS)C(=O)O. The van der Waals surface area contributed by atoms with Crippen molar-refractivity contribution in [3.8, 4) is 0 Å². The molecule has 0 aromatic rings. The highest BCUT2D eigenvalue weighted by molar-refractivity contribution is 7.80. The number of carboxylic acid groups (broad SMARTS) is 1. The minimum atomic E-state index is -1.00. The molecule has 0 rings (SSSR count). The molecule has 0 aliphatic heterocycles. The molecule has 0 heterocycles. The molecular formula is C9H21NO3S. The largest absolute Gasteiger partial charge is 0.480 e. The molecule has 0 unspecified atom stereocenters. The molecule has 4 nitrogen and oxygen atoms in total. The van der Waals surface area contributed by atoms with Crippen LogP contribution in [0, 0.1) is 0 Å². The van der Waals surface area contributed by atoms with Crippen molar-refractivity contribution < 1.29 is 15.0 Å². The standard InChI is InChI=1S/C6H14O.C3H7NO2S/c1-2-3-4-5-6-7;4-2(1-7)3(5)6/h7H,2-6H2,1H3;2,7H,1,4H2,(H,5,6)/t;2-/m.0/s1. The summed E-state index contributed by atoms with van der Waals surface area (Å²) in [4.78, 5) is 9.76. The lowest BCUT2D eigenvalue weighted by molar-refractivity contribution is -0.137. The van der Waals surface area contributed by atoms with Crippen LogP contribution in [0.2, 0.25) is 0 Å². The van der Waals surface area contributed by atoms with Crippen LogP contribution < -0.4 is 5.73 Å². The first-order valence-corrected chi connectivity index (χ1v) is 5.43. The Hall–Kier alpha value is -0.260. The van der Waals surface area contributed by atoms with E-state index in [4.69, 9.17) is 15.9 Å². The average Bonchev–Trinajstić information content (AvgIpc) is 2.18. The van der Waals surface area contributed by atoms with Crippen LogP contribution in [-0.2, 0) is 4.79 Å². The molecule has 0 radical (unpaired) electrons. The average molecular weight is 223 g/mol. The van der Waals surface area contributed by atoms with Gasteiger partial charge in [-0.25, -0.2) is 0 Å². The Labute approximate surface area is 90.9 Å². The minimum absolute atomic E-state index is 0.190. The van der Waals surface area contributed by atoms with Crippen molar-refractivity contribution in [3.63, 3.8) is 0 Å². The first kappa shape index (κ1) is 16.2. The first-order valence-electron chi connectivity index (χ1n) is 4.80. The predicted octanol–water partition coefficient (Wildman–Crippen LogP) is 0.887. The van der Waals surface area contributed by atoms with Gasteiger partial charge in [-0.1, -0.05) is 26.2 Å². The summed E-state index contributed by atoms with van der Waals surface area (Å²) < 4.78 is 0. The van der Waals surface area contributed by atoms with E-state index in [1.54, 1.807) is 0 Å². The molecular weight excluding hydrogens is 202 g/mol. The number of unbranched alkanes of at least 4 members (excludes halogenated alkanes) is 3. The zero-order chi connectivity index (χ0) is 11.4. The molecule has 0 bridgehead atoms. The summed E-state index contributed by atoms with van der Waals surface area (Å²) in [5.41, 5.74) is 4.94. The summed E-state index contributed by atoms with van der Waals surface area (Å²) in [6.07, 6.45) is 4.68. The number of carbonyl (C=O) groups is 1. The maximum Gasteiger partial charge on any atom is 0.321 e. The van der Waals surface area contributed by atoms with Gasteiger partial charge in [0.05, 0.1) is 0 Å². The highest BCUT2D eigenvalue weighted by Gasteiger charge is 2.06. The number of rotatable bonds is 6. The highest BCUT2D eigenvalue weighted by Crippen LogP contribution is 1.96. The Bertz CT molecular complexity index is 129. The molecule has 0 aliphatic rings. The van der Waals surface area contributed by atoms with Gasteiger partial charge in [0.15, 0.2) is 0 Å². The predicted molar refractivity (Wildman–Crippen MR) is 60.7 cm³/mol. The van der Waals surface area contributed by atoms with Gasteiger partial charge >= 0.3 is 5.97 Å². The van der Waals surface area contributed by atoms with Crippen molar-refractivity contribution in [2.75, 3.05) is 12.4 Å². The number of thiol groups is 1. The molecule has 0 amide bonds. The number of nitrogens with two attached hydrogens (primary N) is 1. The molecule has 86 valence electrons. The molecule has 0 saturated carbocycles. The van der Waals surface area contributed by atoms with Crippen molar-refractivity contribution in [2.24, 2.45) is 5.73 Å². The molecule has 0 aromatic carbocycles. The quantitative estimate of drug-likeness (QED) is 0.398. The zero-order valence-electron chi connectivity index (χ0n) is 8.65. The van der Waals surface area contributed by atoms with E-state index in [1.807, 2.05) is 0 Å². The van der Waals surface area contributed by atoms with E-state index in [-0.39, 0.29) is 5.75 Å². The van der Waals surface area contributed by atoms with Gasteiger partial charge in [-0.2, -0.15) is 12.6 Å². The monoisotopic (exact) mass is 223 g/mol. The summed E-state index contributed by atoms with van der Waals surface area (Å²) in [7, 11) is 0. The maximum atomic E-state index is 9.76. The molecule has 14 heavy (non-hydrogen) atoms. The number of aliphatic hydroxyl groups excluding tert-OH is 1. The third kappa shape index (κ3) is 14.3. The molecule has 0 fully saturated rings. The van der Waals surface area contributed by atoms with Crippen molar-refractivity contribution in [3.05, 3.63) is 0 Å². The molecule has 5 heteroatoms. The van der Waals surface area contributed by atoms with Crippen molar-refractivity contribution in [1.82, 2.24) is 0 Å². The van der Waals surface area contributed by atoms with Crippen molar-refractivity contribution >= 4 is 18.6 Å². The van der Waals surface area contributed by atoms with E-state index in [0.29, 0.717) is 6.61 Å². The number of carboxylic acids is 1. The van der Waals surface area contributed by atoms with E-state index in [1.165, 1.54) is 19.3 Å². The van der Waals surface area contributed by atoms with Gasteiger partial charge in [0.1, 0.15) is 6.04 Å². The maximum absolute atomic E-state index is 9.76. The Kier molecular flexibility index (Phi) is 14.7. The molecule has 4 N–H and O–H groups in total. The van der Waals surface area contributed by atoms with E-state index >= 15 is 0 Å². The molecule has 0 aromatic heterocycles. The van der Waals surface area contributed by atoms with E-state index in [2.05, 4.69) is 19.6 Å². The number of hydrogen-bond donors (Lipinski definition) is 4. The highest BCUT2D eigenvalue weighted by atomic mass is 32.1. The normalized spacial score (nSPS) is 11.4. The van der Waals surface area contributed by atoms with Crippen LogP contribution in [0.3, 0.4) is 0 Å². The second-order valence-electron chi connectivity index (χ2n) is 2.91. The topological polar surface area (TPSA) is 83.5 Å². The smallest absolute Gasteiger partial charge is 0.321 e. The Morgan fingerprint density at radius 1 is 1.43 bits per heavy atom. The fraction of sp³-hybridized carbons (Fsp3) is 0.889. The lowest BCUT2D eigenvalue weighted by Gasteiger charge is -1.96. The molecule has 0 aliphatic carbocycles. The third-order valence-electron chi connectivity index (χ3n) is 1.53. The van der Waals surface area contributed by atoms with Gasteiger partial charge in [0, 0.05) is 12.4 Å². The summed E-state index contributed by atoms with van der Waals surface area (Å²) in [6, 6.07) is -0.816. The fourth-order valence-corrected chi connectivity index (χ4v) is 0.773. The second kappa shape index (κ2) is 12.7. The van der Waals surface area contributed by atoms with Crippen LogP contribution in [-0.4, -0.2) is 34.6 Å². The Morgan fingerprint density at radius 2 is 2.00 bits per heavy atom. The van der Waals surface area contributed by atoms with E-state index in [9.17, 15) is 4.79 Å². The number of hydrogen-bond acceptors (Lipinski definition) is 4. The molecule has 0 spiro atoms. The summed E-state index contributed by atoms with van der Waals surface area (Å²) in [5, 5.41) is 16.3. The summed E-state index contributed by atoms with van der Waals surface area (Å²) >= 11 is 3.65. The molecule has 0 saturated heterocycles. The van der Waals surface area contributed by atoms with E-state index in [0.717, 1.165) is 6.42 Å². The third-order valence-corrected chi connectivity index (χ3v) is 1.92. The van der Waals surface area contributed by atoms with Crippen LogP contribution in [0.5, 0.6) is 0 Å². The van der Waals surface area contributed by atoms with Gasteiger partial charge in [-0.05, 0) is 6.42 Å². The second-order valence-corrected chi connectivity index (χ2v) is 3.28.